The van der Waals surface area contributed by atoms with E-state index in [1.807, 2.05) is 13.8 Å². The third-order valence-electron chi connectivity index (χ3n) is 5.78. The van der Waals surface area contributed by atoms with Crippen LogP contribution < -0.4 is 10.5 Å². The van der Waals surface area contributed by atoms with Crippen LogP contribution in [0.25, 0.3) is 21.3 Å². The monoisotopic (exact) mass is 426 g/mol. The van der Waals surface area contributed by atoms with E-state index in [0.717, 1.165) is 46.8 Å². The van der Waals surface area contributed by atoms with Crippen LogP contribution in [-0.4, -0.2) is 35.6 Å². The van der Waals surface area contributed by atoms with Gasteiger partial charge in [-0.1, -0.05) is 29.8 Å². The molecule has 3 aromatic rings. The molecule has 1 aromatic carbocycles. The van der Waals surface area contributed by atoms with Crippen molar-refractivity contribution >= 4 is 27.5 Å². The molecule has 0 radical (unpaired) electrons. The molecule has 158 valence electrons. The third-order valence-corrected chi connectivity index (χ3v) is 6.78. The van der Waals surface area contributed by atoms with Gasteiger partial charge in [-0.3, -0.25) is 9.59 Å². The maximum atomic E-state index is 13.0. The van der Waals surface area contributed by atoms with Crippen LogP contribution in [0.15, 0.2) is 29.1 Å². The summed E-state index contributed by atoms with van der Waals surface area (Å²) in [5.74, 6) is 0.508. The fraction of sp³-hybridized carbons (Fsp3) is 0.435. The Morgan fingerprint density at radius 2 is 2.07 bits per heavy atom. The molecule has 2 aromatic heterocycles. The number of aromatic nitrogens is 2. The van der Waals surface area contributed by atoms with Crippen LogP contribution in [0.3, 0.4) is 0 Å². The number of nitrogens with zero attached hydrogens (tertiary/aromatic N) is 1. The van der Waals surface area contributed by atoms with Gasteiger partial charge in [0.2, 0.25) is 0 Å². The van der Waals surface area contributed by atoms with Crippen molar-refractivity contribution in [2.24, 2.45) is 5.92 Å². The summed E-state index contributed by atoms with van der Waals surface area (Å²) in [6.45, 7) is 8.64. The number of likely N-dealkylation sites (tertiary alicyclic amines) is 1. The number of thiophene rings is 1. The Morgan fingerprint density at radius 1 is 1.30 bits per heavy atom. The molecule has 0 aliphatic carbocycles. The van der Waals surface area contributed by atoms with Gasteiger partial charge in [0.15, 0.2) is 5.82 Å². The van der Waals surface area contributed by atoms with E-state index in [1.54, 1.807) is 11.3 Å². The van der Waals surface area contributed by atoms with Crippen molar-refractivity contribution < 1.29 is 14.4 Å². The first-order valence-corrected chi connectivity index (χ1v) is 11.4. The molecule has 1 aliphatic rings. The Hall–Kier alpha value is -2.51. The highest BCUT2D eigenvalue weighted by Crippen LogP contribution is 2.35. The van der Waals surface area contributed by atoms with Crippen LogP contribution in [0.5, 0.6) is 0 Å². The highest BCUT2D eigenvalue weighted by Gasteiger charge is 2.30. The second-order valence-corrected chi connectivity index (χ2v) is 9.27. The number of quaternary nitrogens is 1. The van der Waals surface area contributed by atoms with E-state index in [4.69, 9.17) is 9.72 Å². The third kappa shape index (κ3) is 4.18. The molecule has 1 unspecified atom stereocenters. The lowest BCUT2D eigenvalue weighted by atomic mass is 9.98. The van der Waals surface area contributed by atoms with Crippen molar-refractivity contribution in [2.45, 2.75) is 40.2 Å². The number of fused-ring (bicyclic) bond motifs is 1. The molecule has 0 spiro atoms. The molecule has 0 bridgehead atoms. The predicted octanol–water partition coefficient (Wildman–Crippen LogP) is 2.63. The van der Waals surface area contributed by atoms with E-state index in [-0.39, 0.29) is 17.4 Å². The van der Waals surface area contributed by atoms with Gasteiger partial charge in [-0.05, 0) is 39.2 Å². The van der Waals surface area contributed by atoms with Crippen molar-refractivity contribution in [3.8, 4) is 11.1 Å². The molecule has 2 N–H and O–H groups in total. The summed E-state index contributed by atoms with van der Waals surface area (Å²) in [5, 5.41) is 0.670. The summed E-state index contributed by atoms with van der Waals surface area (Å²) < 4.78 is 5.20. The molecular formula is C23H28N3O3S+. The second kappa shape index (κ2) is 8.70. The Bertz CT molecular complexity index is 1120. The minimum Gasteiger partial charge on any atom is -0.466 e. The van der Waals surface area contributed by atoms with Crippen LogP contribution in [0.1, 0.15) is 36.0 Å². The number of esters is 1. The van der Waals surface area contributed by atoms with Crippen LogP contribution >= 0.6 is 11.3 Å². The highest BCUT2D eigenvalue weighted by atomic mass is 32.1. The predicted molar refractivity (Wildman–Crippen MR) is 119 cm³/mol. The lowest BCUT2D eigenvalue weighted by Crippen LogP contribution is -3.12. The first-order chi connectivity index (χ1) is 14.5. The number of hydrogen-bond donors (Lipinski definition) is 2. The lowest BCUT2D eigenvalue weighted by molar-refractivity contribution is -0.921. The van der Waals surface area contributed by atoms with Gasteiger partial charge >= 0.3 is 5.97 Å². The van der Waals surface area contributed by atoms with Gasteiger partial charge in [-0.2, -0.15) is 0 Å². The van der Waals surface area contributed by atoms with Gasteiger partial charge in [0.05, 0.1) is 25.1 Å². The van der Waals surface area contributed by atoms with Crippen molar-refractivity contribution in [3.63, 3.8) is 0 Å². The van der Waals surface area contributed by atoms with Crippen LogP contribution in [0.4, 0.5) is 0 Å². The number of carbonyl (C=O) groups is 1. The van der Waals surface area contributed by atoms with Crippen LogP contribution in [-0.2, 0) is 16.1 Å². The number of nitrogens with one attached hydrogen (secondary N) is 2. The zero-order valence-electron chi connectivity index (χ0n) is 17.7. The van der Waals surface area contributed by atoms with Gasteiger partial charge in [0, 0.05) is 10.4 Å². The molecule has 1 aliphatic heterocycles. The van der Waals surface area contributed by atoms with Gasteiger partial charge in [-0.25, -0.2) is 4.98 Å². The molecule has 2 atom stereocenters. The SMILES string of the molecule is CCOC(=O)[C@H]1CCC[NH+](Cc2nc3sc(C)c(-c4ccc(C)cc4)c3c(=O)[nH]2)C1. The molecule has 30 heavy (non-hydrogen) atoms. The number of piperidine rings is 1. The van der Waals surface area contributed by atoms with Crippen LogP contribution in [0, 0.1) is 19.8 Å². The standard InChI is InChI=1S/C23H27N3O3S/c1-4-29-23(28)17-6-5-11-26(12-17)13-18-24-21(27)20-19(15(3)30-22(20)25-18)16-9-7-14(2)8-10-16/h7-10,17H,4-6,11-13H2,1-3H3,(H,24,25,27)/p+1/t17-/m0/s1. The minimum atomic E-state index is -0.108. The number of rotatable bonds is 5. The average molecular weight is 427 g/mol. The normalized spacial score (nSPS) is 19.2. The Labute approximate surface area is 179 Å². The number of ether oxygens (including phenoxy) is 1. The number of aryl methyl sites for hydroxylation is 2. The number of H-pyrrole nitrogens is 1. The molecule has 7 heteroatoms. The van der Waals surface area contributed by atoms with E-state index < -0.39 is 0 Å². The molecule has 4 rings (SSSR count). The molecule has 1 fully saturated rings. The van der Waals surface area contributed by atoms with E-state index in [0.29, 0.717) is 24.4 Å². The Kier molecular flexibility index (Phi) is 6.01. The number of aromatic amines is 1. The zero-order valence-corrected chi connectivity index (χ0v) is 18.5. The zero-order chi connectivity index (χ0) is 21.3. The van der Waals surface area contributed by atoms with Crippen LogP contribution in [0.2, 0.25) is 0 Å². The number of hydrogen-bond acceptors (Lipinski definition) is 5. The van der Waals surface area contributed by atoms with Crippen molar-refractivity contribution in [1.82, 2.24) is 9.97 Å². The molecular weight excluding hydrogens is 398 g/mol. The summed E-state index contributed by atoms with van der Waals surface area (Å²) in [4.78, 5) is 36.0. The van der Waals surface area contributed by atoms with E-state index in [2.05, 4.69) is 36.2 Å². The van der Waals surface area contributed by atoms with Crippen molar-refractivity contribution in [1.29, 1.82) is 0 Å². The van der Waals surface area contributed by atoms with Gasteiger partial charge in [0.25, 0.3) is 5.56 Å². The summed E-state index contributed by atoms with van der Waals surface area (Å²) in [7, 11) is 0. The lowest BCUT2D eigenvalue weighted by Gasteiger charge is -2.28. The van der Waals surface area contributed by atoms with Crippen molar-refractivity contribution in [3.05, 3.63) is 50.9 Å². The van der Waals surface area contributed by atoms with Gasteiger partial charge in [0.1, 0.15) is 17.3 Å². The summed E-state index contributed by atoms with van der Waals surface area (Å²) in [5.41, 5.74) is 3.12. The Morgan fingerprint density at radius 3 is 2.80 bits per heavy atom. The summed E-state index contributed by atoms with van der Waals surface area (Å²) in [6.07, 6.45) is 1.84. The number of carbonyl (C=O) groups excluding carboxylic acids is 1. The largest absolute Gasteiger partial charge is 0.466 e. The highest BCUT2D eigenvalue weighted by molar-refractivity contribution is 7.19. The molecule has 6 nitrogen and oxygen atoms in total. The molecule has 3 heterocycles. The topological polar surface area (TPSA) is 76.5 Å². The Balaban J connectivity index is 1.60. The quantitative estimate of drug-likeness (QED) is 0.615. The smallest absolute Gasteiger partial charge is 0.314 e. The maximum absolute atomic E-state index is 13.0. The average Bonchev–Trinajstić information content (AvgIpc) is 3.05. The van der Waals surface area contributed by atoms with Gasteiger partial charge < -0.3 is 14.6 Å². The molecule has 0 amide bonds. The molecule has 0 saturated carbocycles. The van der Waals surface area contributed by atoms with Crippen molar-refractivity contribution in [2.75, 3.05) is 19.7 Å². The minimum absolute atomic E-state index is 0.0683. The van der Waals surface area contributed by atoms with E-state index >= 15 is 0 Å². The van der Waals surface area contributed by atoms with E-state index in [9.17, 15) is 9.59 Å². The first-order valence-electron chi connectivity index (χ1n) is 10.6. The summed E-state index contributed by atoms with van der Waals surface area (Å²) >= 11 is 1.57. The summed E-state index contributed by atoms with van der Waals surface area (Å²) in [6, 6.07) is 8.25. The molecule has 1 saturated heterocycles. The van der Waals surface area contributed by atoms with Gasteiger partial charge in [-0.15, -0.1) is 11.3 Å². The van der Waals surface area contributed by atoms with E-state index in [1.165, 1.54) is 10.5 Å². The fourth-order valence-electron chi connectivity index (χ4n) is 4.32. The second-order valence-electron chi connectivity index (χ2n) is 8.06. The first kappa shape index (κ1) is 20.8. The fourth-order valence-corrected chi connectivity index (χ4v) is 5.39. The maximum Gasteiger partial charge on any atom is 0.314 e. The number of benzene rings is 1.